The Morgan fingerprint density at radius 3 is 2.67 bits per heavy atom. The Kier molecular flexibility index (Phi) is 8.04. The van der Waals surface area contributed by atoms with Crippen LogP contribution >= 0.6 is 0 Å². The summed E-state index contributed by atoms with van der Waals surface area (Å²) >= 11 is 0. The van der Waals surface area contributed by atoms with Crippen molar-refractivity contribution in [2.24, 2.45) is 5.92 Å². The Hall–Kier alpha value is -4.08. The van der Waals surface area contributed by atoms with Crippen molar-refractivity contribution < 1.29 is 19.1 Å². The SMILES string of the molecule is CNC(=O)CCCn1cc(-c2ccc(NCC3CC(=O)N(c4cc(OC)ccc4OC)C3)cc2)nn1. The van der Waals surface area contributed by atoms with Crippen molar-refractivity contribution >= 4 is 23.2 Å². The molecule has 1 saturated heterocycles. The number of rotatable bonds is 11. The van der Waals surface area contributed by atoms with E-state index >= 15 is 0 Å². The number of hydrogen-bond acceptors (Lipinski definition) is 7. The van der Waals surface area contributed by atoms with Gasteiger partial charge in [0, 0.05) is 62.8 Å². The zero-order valence-electron chi connectivity index (χ0n) is 20.9. The molecule has 2 N–H and O–H groups in total. The molecule has 2 heterocycles. The van der Waals surface area contributed by atoms with E-state index < -0.39 is 0 Å². The highest BCUT2D eigenvalue weighted by atomic mass is 16.5. The number of carbonyl (C=O) groups excluding carboxylic acids is 2. The van der Waals surface area contributed by atoms with Gasteiger partial charge in [-0.3, -0.25) is 14.3 Å². The monoisotopic (exact) mass is 492 g/mol. The van der Waals surface area contributed by atoms with E-state index in [0.29, 0.717) is 50.4 Å². The fourth-order valence-electron chi connectivity index (χ4n) is 4.25. The molecule has 10 heteroatoms. The van der Waals surface area contributed by atoms with Gasteiger partial charge in [0.05, 0.1) is 26.1 Å². The minimum Gasteiger partial charge on any atom is -0.497 e. The fourth-order valence-corrected chi connectivity index (χ4v) is 4.25. The van der Waals surface area contributed by atoms with E-state index in [-0.39, 0.29) is 17.7 Å². The van der Waals surface area contributed by atoms with E-state index in [2.05, 4.69) is 20.9 Å². The molecule has 2 amide bonds. The number of benzene rings is 2. The number of aromatic nitrogens is 3. The molecule has 1 aliphatic heterocycles. The van der Waals surface area contributed by atoms with Crippen molar-refractivity contribution in [3.8, 4) is 22.8 Å². The molecule has 1 aromatic heterocycles. The Morgan fingerprint density at radius 1 is 1.14 bits per heavy atom. The van der Waals surface area contributed by atoms with Gasteiger partial charge in [-0.2, -0.15) is 0 Å². The average Bonchev–Trinajstić information content (AvgIpc) is 3.53. The molecule has 0 aliphatic carbocycles. The summed E-state index contributed by atoms with van der Waals surface area (Å²) in [7, 11) is 4.84. The third kappa shape index (κ3) is 5.94. The van der Waals surface area contributed by atoms with E-state index in [0.717, 1.165) is 22.6 Å². The highest BCUT2D eigenvalue weighted by Gasteiger charge is 2.32. The summed E-state index contributed by atoms with van der Waals surface area (Å²) < 4.78 is 12.5. The number of amides is 2. The number of aryl methyl sites for hydroxylation is 1. The quantitative estimate of drug-likeness (QED) is 0.423. The van der Waals surface area contributed by atoms with Crippen LogP contribution < -0.4 is 25.0 Å². The summed E-state index contributed by atoms with van der Waals surface area (Å²) in [4.78, 5) is 25.9. The van der Waals surface area contributed by atoms with Gasteiger partial charge < -0.3 is 25.0 Å². The number of methoxy groups -OCH3 is 2. The highest BCUT2D eigenvalue weighted by molar-refractivity contribution is 5.97. The zero-order valence-corrected chi connectivity index (χ0v) is 20.9. The molecule has 2 aromatic carbocycles. The van der Waals surface area contributed by atoms with Crippen molar-refractivity contribution in [2.75, 3.05) is 44.6 Å². The first-order chi connectivity index (χ1) is 17.5. The molecular formula is C26H32N6O4. The van der Waals surface area contributed by atoms with Gasteiger partial charge in [-0.1, -0.05) is 17.3 Å². The van der Waals surface area contributed by atoms with Gasteiger partial charge in [0.25, 0.3) is 0 Å². The maximum absolute atomic E-state index is 12.7. The number of hydrogen-bond donors (Lipinski definition) is 2. The summed E-state index contributed by atoms with van der Waals surface area (Å²) in [6, 6.07) is 13.5. The lowest BCUT2D eigenvalue weighted by Gasteiger charge is -2.20. The summed E-state index contributed by atoms with van der Waals surface area (Å²) in [6.07, 6.45) is 3.52. The lowest BCUT2D eigenvalue weighted by atomic mass is 10.1. The topological polar surface area (TPSA) is 111 Å². The van der Waals surface area contributed by atoms with E-state index in [4.69, 9.17) is 9.47 Å². The molecule has 0 radical (unpaired) electrons. The summed E-state index contributed by atoms with van der Waals surface area (Å²) in [5.41, 5.74) is 3.45. The van der Waals surface area contributed by atoms with E-state index in [1.165, 1.54) is 0 Å². The maximum atomic E-state index is 12.7. The van der Waals surface area contributed by atoms with Crippen LogP contribution in [0.25, 0.3) is 11.3 Å². The predicted octanol–water partition coefficient (Wildman–Crippen LogP) is 2.95. The van der Waals surface area contributed by atoms with Crippen LogP contribution in [-0.2, 0) is 16.1 Å². The zero-order chi connectivity index (χ0) is 25.5. The van der Waals surface area contributed by atoms with E-state index in [1.54, 1.807) is 30.8 Å². The molecule has 1 aliphatic rings. The van der Waals surface area contributed by atoms with Crippen LogP contribution in [0.3, 0.4) is 0 Å². The third-order valence-corrected chi connectivity index (χ3v) is 6.27. The Balaban J connectivity index is 1.31. The van der Waals surface area contributed by atoms with Crippen molar-refractivity contribution in [1.82, 2.24) is 20.3 Å². The number of ether oxygens (including phenoxy) is 2. The minimum atomic E-state index is 0.0214. The van der Waals surface area contributed by atoms with Crippen LogP contribution in [0.1, 0.15) is 19.3 Å². The normalized spacial score (nSPS) is 15.1. The molecule has 1 atom stereocenters. The summed E-state index contributed by atoms with van der Waals surface area (Å²) in [5, 5.41) is 14.5. The van der Waals surface area contributed by atoms with Crippen molar-refractivity contribution in [1.29, 1.82) is 0 Å². The Morgan fingerprint density at radius 2 is 1.94 bits per heavy atom. The van der Waals surface area contributed by atoms with Gasteiger partial charge in [0.1, 0.15) is 17.2 Å². The average molecular weight is 493 g/mol. The highest BCUT2D eigenvalue weighted by Crippen LogP contribution is 2.36. The standard InChI is InChI=1S/C26H32N6O4/c1-27-25(33)5-4-12-31-17-22(29-30-31)19-6-8-20(9-7-19)28-15-18-13-26(34)32(16-18)23-14-21(35-2)10-11-24(23)36-3/h6-11,14,17-18,28H,4-5,12-13,15-16H2,1-3H3,(H,27,33). The van der Waals surface area contributed by atoms with Crippen LogP contribution in [0.5, 0.6) is 11.5 Å². The van der Waals surface area contributed by atoms with Crippen LogP contribution in [0.2, 0.25) is 0 Å². The molecule has 0 saturated carbocycles. The second kappa shape index (κ2) is 11.6. The van der Waals surface area contributed by atoms with Crippen molar-refractivity contribution in [3.05, 3.63) is 48.7 Å². The second-order valence-electron chi connectivity index (χ2n) is 8.71. The van der Waals surface area contributed by atoms with Crippen molar-refractivity contribution in [2.45, 2.75) is 25.8 Å². The Bertz CT molecular complexity index is 1190. The third-order valence-electron chi connectivity index (χ3n) is 6.27. The van der Waals surface area contributed by atoms with Crippen LogP contribution in [0.15, 0.2) is 48.7 Å². The van der Waals surface area contributed by atoms with Crippen LogP contribution in [0, 0.1) is 5.92 Å². The number of anilines is 2. The molecule has 190 valence electrons. The van der Waals surface area contributed by atoms with E-state index in [1.807, 2.05) is 48.7 Å². The van der Waals surface area contributed by atoms with Gasteiger partial charge in [-0.05, 0) is 30.7 Å². The predicted molar refractivity (Wildman–Crippen MR) is 137 cm³/mol. The maximum Gasteiger partial charge on any atom is 0.227 e. The lowest BCUT2D eigenvalue weighted by Crippen LogP contribution is -2.26. The first kappa shape index (κ1) is 25.0. The molecule has 3 aromatic rings. The van der Waals surface area contributed by atoms with E-state index in [9.17, 15) is 9.59 Å². The largest absolute Gasteiger partial charge is 0.497 e. The molecule has 1 unspecified atom stereocenters. The molecular weight excluding hydrogens is 460 g/mol. The molecule has 10 nitrogen and oxygen atoms in total. The molecule has 0 spiro atoms. The Labute approximate surface area is 210 Å². The van der Waals surface area contributed by atoms with Gasteiger partial charge in [-0.25, -0.2) is 0 Å². The minimum absolute atomic E-state index is 0.0214. The first-order valence-corrected chi connectivity index (χ1v) is 12.0. The smallest absolute Gasteiger partial charge is 0.227 e. The van der Waals surface area contributed by atoms with Crippen LogP contribution in [0.4, 0.5) is 11.4 Å². The number of carbonyl (C=O) groups is 2. The first-order valence-electron chi connectivity index (χ1n) is 12.0. The molecule has 36 heavy (non-hydrogen) atoms. The molecule has 4 rings (SSSR count). The van der Waals surface area contributed by atoms with Crippen LogP contribution in [-0.4, -0.2) is 61.2 Å². The number of nitrogens with one attached hydrogen (secondary N) is 2. The van der Waals surface area contributed by atoms with Gasteiger partial charge in [-0.15, -0.1) is 5.10 Å². The summed E-state index contributed by atoms with van der Waals surface area (Å²) in [6.45, 7) is 1.92. The number of nitrogens with zero attached hydrogens (tertiary/aromatic N) is 4. The summed E-state index contributed by atoms with van der Waals surface area (Å²) in [5.74, 6) is 1.60. The fraction of sp³-hybridized carbons (Fsp3) is 0.385. The van der Waals surface area contributed by atoms with Gasteiger partial charge >= 0.3 is 0 Å². The lowest BCUT2D eigenvalue weighted by molar-refractivity contribution is -0.120. The molecule has 0 bridgehead atoms. The van der Waals surface area contributed by atoms with Crippen molar-refractivity contribution in [3.63, 3.8) is 0 Å². The van der Waals surface area contributed by atoms with Gasteiger partial charge in [0.2, 0.25) is 11.8 Å². The molecule has 1 fully saturated rings. The van der Waals surface area contributed by atoms with Gasteiger partial charge in [0.15, 0.2) is 0 Å². The second-order valence-corrected chi connectivity index (χ2v) is 8.71.